The number of benzene rings is 1. The molecule has 0 radical (unpaired) electrons. The van der Waals surface area contributed by atoms with E-state index < -0.39 is 0 Å². The Hall–Kier alpha value is -0.410. The molecule has 0 saturated heterocycles. The van der Waals surface area contributed by atoms with Gasteiger partial charge < -0.3 is 5.32 Å². The molecule has 100 valence electrons. The van der Waals surface area contributed by atoms with E-state index in [9.17, 15) is 4.39 Å². The van der Waals surface area contributed by atoms with Crippen LogP contribution in [0.5, 0.6) is 0 Å². The fraction of sp³-hybridized carbons (Fsp3) is 0.600. The van der Waals surface area contributed by atoms with Gasteiger partial charge in [-0.25, -0.2) is 4.39 Å². The third-order valence-corrected chi connectivity index (χ3v) is 4.57. The molecule has 1 aliphatic rings. The first-order valence-corrected chi connectivity index (χ1v) is 7.54. The van der Waals surface area contributed by atoms with Crippen LogP contribution < -0.4 is 5.32 Å². The summed E-state index contributed by atoms with van der Waals surface area (Å²) in [6, 6.07) is 5.52. The van der Waals surface area contributed by atoms with E-state index >= 15 is 0 Å². The van der Waals surface area contributed by atoms with Crippen molar-refractivity contribution >= 4 is 15.9 Å². The van der Waals surface area contributed by atoms with Gasteiger partial charge in [0.05, 0.1) is 4.47 Å². The van der Waals surface area contributed by atoms with Crippen molar-refractivity contribution in [2.75, 3.05) is 6.54 Å². The van der Waals surface area contributed by atoms with E-state index in [1.807, 2.05) is 12.1 Å². The summed E-state index contributed by atoms with van der Waals surface area (Å²) >= 11 is 3.24. The molecule has 0 amide bonds. The zero-order valence-corrected chi connectivity index (χ0v) is 12.6. The topological polar surface area (TPSA) is 12.0 Å². The Morgan fingerprint density at radius 2 is 2.22 bits per heavy atom. The smallest absolute Gasteiger partial charge is 0.137 e. The molecule has 1 N–H and O–H groups in total. The molecule has 0 spiro atoms. The molecular formula is C15H21BrFN. The molecule has 3 heteroatoms. The van der Waals surface area contributed by atoms with E-state index in [1.165, 1.54) is 25.3 Å². The lowest BCUT2D eigenvalue weighted by Gasteiger charge is -2.18. The molecule has 1 saturated carbocycles. The molecule has 3 unspecified atom stereocenters. The summed E-state index contributed by atoms with van der Waals surface area (Å²) in [4.78, 5) is 0. The maximum absolute atomic E-state index is 13.2. The molecule has 1 fully saturated rings. The van der Waals surface area contributed by atoms with Crippen LogP contribution in [-0.2, 0) is 0 Å². The minimum Gasteiger partial charge on any atom is -0.310 e. The quantitative estimate of drug-likeness (QED) is 0.851. The largest absolute Gasteiger partial charge is 0.310 e. The zero-order valence-electron chi connectivity index (χ0n) is 11.0. The molecular weight excluding hydrogens is 293 g/mol. The maximum Gasteiger partial charge on any atom is 0.137 e. The Kier molecular flexibility index (Phi) is 4.79. The van der Waals surface area contributed by atoms with Gasteiger partial charge in [0.15, 0.2) is 0 Å². The maximum atomic E-state index is 13.2. The highest BCUT2D eigenvalue weighted by atomic mass is 79.9. The van der Waals surface area contributed by atoms with Gasteiger partial charge in [0.25, 0.3) is 0 Å². The average Bonchev–Trinajstić information content (AvgIpc) is 2.75. The zero-order chi connectivity index (χ0) is 13.1. The van der Waals surface area contributed by atoms with Crippen LogP contribution in [0, 0.1) is 17.7 Å². The van der Waals surface area contributed by atoms with Crippen molar-refractivity contribution in [3.8, 4) is 0 Å². The Bertz CT molecular complexity index is 407. The molecule has 1 aromatic carbocycles. The number of hydrogen-bond acceptors (Lipinski definition) is 1. The van der Waals surface area contributed by atoms with Gasteiger partial charge in [0.2, 0.25) is 0 Å². The highest BCUT2D eigenvalue weighted by Gasteiger charge is 2.21. The second-order valence-electron chi connectivity index (χ2n) is 5.59. The first kappa shape index (κ1) is 14.0. The van der Waals surface area contributed by atoms with E-state index in [4.69, 9.17) is 0 Å². The SMILES string of the molecule is CC1CCC(CNC(C)c2ccc(F)c(Br)c2)C1. The van der Waals surface area contributed by atoms with E-state index in [2.05, 4.69) is 35.1 Å². The van der Waals surface area contributed by atoms with Gasteiger partial charge in [-0.3, -0.25) is 0 Å². The highest BCUT2D eigenvalue weighted by molar-refractivity contribution is 9.10. The number of hydrogen-bond donors (Lipinski definition) is 1. The third kappa shape index (κ3) is 3.55. The highest BCUT2D eigenvalue weighted by Crippen LogP contribution is 2.30. The van der Waals surface area contributed by atoms with Crippen LogP contribution in [0.15, 0.2) is 22.7 Å². The van der Waals surface area contributed by atoms with E-state index in [0.29, 0.717) is 4.47 Å². The summed E-state index contributed by atoms with van der Waals surface area (Å²) in [6.07, 6.45) is 4.05. The lowest BCUT2D eigenvalue weighted by Crippen LogP contribution is -2.24. The summed E-state index contributed by atoms with van der Waals surface area (Å²) in [5.74, 6) is 1.49. The standard InChI is InChI=1S/C15H21BrFN/c1-10-3-4-12(7-10)9-18-11(2)13-5-6-15(17)14(16)8-13/h5-6,8,10-12,18H,3-4,7,9H2,1-2H3. The number of halogens is 2. The fourth-order valence-corrected chi connectivity index (χ4v) is 3.15. The van der Waals surface area contributed by atoms with Crippen molar-refractivity contribution in [2.45, 2.75) is 39.2 Å². The summed E-state index contributed by atoms with van der Waals surface area (Å²) in [5, 5.41) is 3.56. The van der Waals surface area contributed by atoms with Crippen LogP contribution in [0.1, 0.15) is 44.7 Å². The third-order valence-electron chi connectivity index (χ3n) is 3.96. The van der Waals surface area contributed by atoms with Crippen LogP contribution in [0.2, 0.25) is 0 Å². The fourth-order valence-electron chi connectivity index (χ4n) is 2.75. The van der Waals surface area contributed by atoms with Gasteiger partial charge in [-0.1, -0.05) is 19.4 Å². The van der Waals surface area contributed by atoms with Crippen molar-refractivity contribution in [2.24, 2.45) is 11.8 Å². The first-order valence-electron chi connectivity index (χ1n) is 6.74. The Labute approximate surface area is 117 Å². The minimum atomic E-state index is -0.199. The van der Waals surface area contributed by atoms with Crippen molar-refractivity contribution < 1.29 is 4.39 Å². The van der Waals surface area contributed by atoms with Gasteiger partial charge in [-0.05, 0) is 71.8 Å². The number of nitrogens with one attached hydrogen (secondary N) is 1. The molecule has 1 aliphatic carbocycles. The molecule has 2 rings (SSSR count). The van der Waals surface area contributed by atoms with Gasteiger partial charge in [0.1, 0.15) is 5.82 Å². The summed E-state index contributed by atoms with van der Waals surface area (Å²) in [5.41, 5.74) is 1.13. The monoisotopic (exact) mass is 313 g/mol. The molecule has 0 bridgehead atoms. The van der Waals surface area contributed by atoms with Crippen LogP contribution >= 0.6 is 15.9 Å². The first-order chi connectivity index (χ1) is 8.56. The van der Waals surface area contributed by atoms with Crippen LogP contribution in [0.3, 0.4) is 0 Å². The lowest BCUT2D eigenvalue weighted by atomic mass is 10.0. The Morgan fingerprint density at radius 1 is 1.44 bits per heavy atom. The molecule has 0 heterocycles. The lowest BCUT2D eigenvalue weighted by molar-refractivity contribution is 0.440. The summed E-state index contributed by atoms with van der Waals surface area (Å²) < 4.78 is 13.7. The predicted molar refractivity (Wildman–Crippen MR) is 77.0 cm³/mol. The van der Waals surface area contributed by atoms with Crippen molar-refractivity contribution in [3.05, 3.63) is 34.1 Å². The predicted octanol–water partition coefficient (Wildman–Crippen LogP) is 4.68. The number of rotatable bonds is 4. The molecule has 0 aromatic heterocycles. The van der Waals surface area contributed by atoms with Crippen LogP contribution in [0.4, 0.5) is 4.39 Å². The summed E-state index contributed by atoms with van der Waals surface area (Å²) in [6.45, 7) is 5.54. The van der Waals surface area contributed by atoms with Crippen molar-refractivity contribution in [1.29, 1.82) is 0 Å². The Balaban J connectivity index is 1.87. The molecule has 1 nitrogen and oxygen atoms in total. The van der Waals surface area contributed by atoms with E-state index in [-0.39, 0.29) is 11.9 Å². The van der Waals surface area contributed by atoms with Crippen molar-refractivity contribution in [3.63, 3.8) is 0 Å². The van der Waals surface area contributed by atoms with Gasteiger partial charge >= 0.3 is 0 Å². The average molecular weight is 314 g/mol. The van der Waals surface area contributed by atoms with Gasteiger partial charge in [-0.2, -0.15) is 0 Å². The second kappa shape index (κ2) is 6.16. The minimum absolute atomic E-state index is 0.199. The second-order valence-corrected chi connectivity index (χ2v) is 6.44. The Morgan fingerprint density at radius 3 is 2.83 bits per heavy atom. The summed E-state index contributed by atoms with van der Waals surface area (Å²) in [7, 11) is 0. The van der Waals surface area contributed by atoms with Crippen molar-refractivity contribution in [1.82, 2.24) is 5.32 Å². The van der Waals surface area contributed by atoms with E-state index in [1.54, 1.807) is 0 Å². The van der Waals surface area contributed by atoms with Crippen LogP contribution in [0.25, 0.3) is 0 Å². The van der Waals surface area contributed by atoms with Crippen LogP contribution in [-0.4, -0.2) is 6.54 Å². The normalized spacial score (nSPS) is 25.3. The molecule has 1 aromatic rings. The molecule has 18 heavy (non-hydrogen) atoms. The van der Waals surface area contributed by atoms with Gasteiger partial charge in [0, 0.05) is 6.04 Å². The molecule has 0 aliphatic heterocycles. The molecule has 3 atom stereocenters. The van der Waals surface area contributed by atoms with Gasteiger partial charge in [-0.15, -0.1) is 0 Å². The van der Waals surface area contributed by atoms with E-state index in [0.717, 1.165) is 23.9 Å².